The molecule has 92 valence electrons. The molecule has 0 aliphatic rings. The Hall–Kier alpha value is -1.58. The number of nitrogen functional groups attached to an aromatic ring is 1. The molecule has 0 aromatic heterocycles. The van der Waals surface area contributed by atoms with Crippen LogP contribution < -0.4 is 10.5 Å². The van der Waals surface area contributed by atoms with Crippen LogP contribution in [0.25, 0.3) is 0 Å². The van der Waals surface area contributed by atoms with Crippen LogP contribution in [0.15, 0.2) is 24.3 Å². The molecule has 0 aliphatic carbocycles. The number of nitrogens with two attached hydrogens (primary N) is 1. The zero-order chi connectivity index (χ0) is 12.9. The van der Waals surface area contributed by atoms with E-state index >= 15 is 0 Å². The Kier molecular flexibility index (Phi) is 4.49. The van der Waals surface area contributed by atoms with Crippen molar-refractivity contribution in [2.75, 3.05) is 5.73 Å². The van der Waals surface area contributed by atoms with E-state index in [4.69, 9.17) is 11.0 Å². The second-order valence-electron chi connectivity index (χ2n) is 3.64. The van der Waals surface area contributed by atoms with E-state index in [0.717, 1.165) is 5.56 Å². The number of hydrogen-bond donors (Lipinski definition) is 2. The largest absolute Gasteiger partial charge is 0.399 e. The summed E-state index contributed by atoms with van der Waals surface area (Å²) in [4.78, 5) is 0. The van der Waals surface area contributed by atoms with E-state index in [1.807, 2.05) is 0 Å². The highest BCUT2D eigenvalue weighted by Gasteiger charge is 2.22. The van der Waals surface area contributed by atoms with Gasteiger partial charge in [0.1, 0.15) is 0 Å². The van der Waals surface area contributed by atoms with E-state index in [1.165, 1.54) is 0 Å². The van der Waals surface area contributed by atoms with Gasteiger partial charge in [-0.25, -0.2) is 13.1 Å². The molecule has 0 radical (unpaired) electrons. The molecular formula is C11H15N3O2S. The standard InChI is InChI=1S/C11H15N3O2S/c1-2-11(7-12)17(15,16)14-8-9-4-3-5-10(13)6-9/h3-6,11,14H,2,8,13H2,1H3. The fourth-order valence-electron chi connectivity index (χ4n) is 1.37. The SMILES string of the molecule is CCC(C#N)S(=O)(=O)NCc1cccc(N)c1. The van der Waals surface area contributed by atoms with Crippen molar-refractivity contribution in [1.82, 2.24) is 4.72 Å². The second kappa shape index (κ2) is 5.66. The molecule has 5 nitrogen and oxygen atoms in total. The maximum atomic E-state index is 11.7. The van der Waals surface area contributed by atoms with E-state index in [1.54, 1.807) is 37.3 Å². The van der Waals surface area contributed by atoms with E-state index in [-0.39, 0.29) is 13.0 Å². The Morgan fingerprint density at radius 2 is 2.24 bits per heavy atom. The summed E-state index contributed by atoms with van der Waals surface area (Å²) in [5, 5.41) is 7.70. The first-order valence-corrected chi connectivity index (χ1v) is 6.76. The Labute approximate surface area is 101 Å². The van der Waals surface area contributed by atoms with Gasteiger partial charge >= 0.3 is 0 Å². The summed E-state index contributed by atoms with van der Waals surface area (Å²) in [7, 11) is -3.59. The minimum Gasteiger partial charge on any atom is -0.399 e. The minimum atomic E-state index is -3.59. The van der Waals surface area contributed by atoms with Crippen molar-refractivity contribution < 1.29 is 8.42 Å². The van der Waals surface area contributed by atoms with Crippen molar-refractivity contribution in [2.24, 2.45) is 0 Å². The average molecular weight is 253 g/mol. The third kappa shape index (κ3) is 3.73. The van der Waals surface area contributed by atoms with E-state index in [9.17, 15) is 8.42 Å². The molecule has 0 saturated carbocycles. The molecular weight excluding hydrogens is 238 g/mol. The van der Waals surface area contributed by atoms with Crippen molar-refractivity contribution in [3.05, 3.63) is 29.8 Å². The minimum absolute atomic E-state index is 0.144. The van der Waals surface area contributed by atoms with Crippen LogP contribution in [0, 0.1) is 11.3 Å². The molecule has 0 amide bonds. The molecule has 0 spiro atoms. The maximum Gasteiger partial charge on any atom is 0.228 e. The lowest BCUT2D eigenvalue weighted by molar-refractivity contribution is 0.572. The molecule has 1 unspecified atom stereocenters. The van der Waals surface area contributed by atoms with Gasteiger partial charge in [0.2, 0.25) is 10.0 Å². The lowest BCUT2D eigenvalue weighted by atomic mass is 10.2. The Bertz CT molecular complexity index is 520. The number of sulfonamides is 1. The molecule has 6 heteroatoms. The van der Waals surface area contributed by atoms with Gasteiger partial charge in [-0.1, -0.05) is 19.1 Å². The number of nitrogens with zero attached hydrogens (tertiary/aromatic N) is 1. The first-order valence-electron chi connectivity index (χ1n) is 5.22. The summed E-state index contributed by atoms with van der Waals surface area (Å²) in [6, 6.07) is 8.70. The predicted molar refractivity (Wildman–Crippen MR) is 66.3 cm³/mol. The number of hydrogen-bond acceptors (Lipinski definition) is 4. The monoisotopic (exact) mass is 253 g/mol. The average Bonchev–Trinajstić information content (AvgIpc) is 2.28. The highest BCUT2D eigenvalue weighted by atomic mass is 32.2. The van der Waals surface area contributed by atoms with Crippen LogP contribution in [0.5, 0.6) is 0 Å². The van der Waals surface area contributed by atoms with Crippen LogP contribution in [0.4, 0.5) is 5.69 Å². The zero-order valence-electron chi connectivity index (χ0n) is 9.55. The van der Waals surface area contributed by atoms with Gasteiger partial charge in [0, 0.05) is 12.2 Å². The summed E-state index contributed by atoms with van der Waals surface area (Å²) in [5.41, 5.74) is 6.92. The summed E-state index contributed by atoms with van der Waals surface area (Å²) in [6.45, 7) is 1.80. The van der Waals surface area contributed by atoms with Crippen molar-refractivity contribution in [1.29, 1.82) is 5.26 Å². The summed E-state index contributed by atoms with van der Waals surface area (Å²) < 4.78 is 25.8. The van der Waals surface area contributed by atoms with Gasteiger partial charge in [-0.3, -0.25) is 0 Å². The molecule has 0 bridgehead atoms. The molecule has 3 N–H and O–H groups in total. The Balaban J connectivity index is 2.71. The van der Waals surface area contributed by atoms with Crippen LogP contribution >= 0.6 is 0 Å². The Morgan fingerprint density at radius 1 is 1.53 bits per heavy atom. The fourth-order valence-corrected chi connectivity index (χ4v) is 2.51. The first-order chi connectivity index (χ1) is 7.99. The lowest BCUT2D eigenvalue weighted by Gasteiger charge is -2.10. The van der Waals surface area contributed by atoms with Gasteiger partial charge in [-0.2, -0.15) is 5.26 Å². The maximum absolute atomic E-state index is 11.7. The van der Waals surface area contributed by atoms with Gasteiger partial charge in [0.25, 0.3) is 0 Å². The van der Waals surface area contributed by atoms with Gasteiger partial charge < -0.3 is 5.73 Å². The van der Waals surface area contributed by atoms with Crippen LogP contribution in [0.1, 0.15) is 18.9 Å². The van der Waals surface area contributed by atoms with E-state index in [2.05, 4.69) is 4.72 Å². The van der Waals surface area contributed by atoms with Crippen LogP contribution in [-0.2, 0) is 16.6 Å². The van der Waals surface area contributed by atoms with Crippen molar-refractivity contribution in [2.45, 2.75) is 25.1 Å². The van der Waals surface area contributed by atoms with Gasteiger partial charge in [0.05, 0.1) is 6.07 Å². The molecule has 0 saturated heterocycles. The summed E-state index contributed by atoms with van der Waals surface area (Å²) in [5.74, 6) is 0. The van der Waals surface area contributed by atoms with Crippen molar-refractivity contribution in [3.63, 3.8) is 0 Å². The summed E-state index contributed by atoms with van der Waals surface area (Å²) in [6.07, 6.45) is 0.267. The zero-order valence-corrected chi connectivity index (χ0v) is 10.4. The number of anilines is 1. The van der Waals surface area contributed by atoms with E-state index < -0.39 is 15.3 Å². The normalized spacial score (nSPS) is 12.9. The molecule has 1 rings (SSSR count). The van der Waals surface area contributed by atoms with E-state index in [0.29, 0.717) is 5.69 Å². The van der Waals surface area contributed by atoms with Crippen molar-refractivity contribution >= 4 is 15.7 Å². The van der Waals surface area contributed by atoms with Gasteiger partial charge in [0.15, 0.2) is 5.25 Å². The molecule has 0 heterocycles. The third-order valence-corrected chi connectivity index (χ3v) is 4.05. The number of rotatable bonds is 5. The third-order valence-electron chi connectivity index (χ3n) is 2.32. The highest BCUT2D eigenvalue weighted by Crippen LogP contribution is 2.08. The smallest absolute Gasteiger partial charge is 0.228 e. The molecule has 1 aromatic carbocycles. The molecule has 1 aromatic rings. The summed E-state index contributed by atoms with van der Waals surface area (Å²) >= 11 is 0. The molecule has 0 fully saturated rings. The molecule has 0 aliphatic heterocycles. The molecule has 1 atom stereocenters. The van der Waals surface area contributed by atoms with Crippen molar-refractivity contribution in [3.8, 4) is 6.07 Å². The van der Waals surface area contributed by atoms with Crippen LogP contribution in [0.3, 0.4) is 0 Å². The quantitative estimate of drug-likeness (QED) is 0.765. The van der Waals surface area contributed by atoms with Gasteiger partial charge in [-0.05, 0) is 24.1 Å². The second-order valence-corrected chi connectivity index (χ2v) is 5.58. The van der Waals surface area contributed by atoms with Crippen LogP contribution in [-0.4, -0.2) is 13.7 Å². The van der Waals surface area contributed by atoms with Crippen LogP contribution in [0.2, 0.25) is 0 Å². The Morgan fingerprint density at radius 3 is 2.76 bits per heavy atom. The number of nitrogens with one attached hydrogen (secondary N) is 1. The lowest BCUT2D eigenvalue weighted by Crippen LogP contribution is -2.32. The first kappa shape index (κ1) is 13.5. The van der Waals surface area contributed by atoms with Gasteiger partial charge in [-0.15, -0.1) is 0 Å². The molecule has 17 heavy (non-hydrogen) atoms. The number of benzene rings is 1. The predicted octanol–water partition coefficient (Wildman–Crippen LogP) is 0.990. The highest BCUT2D eigenvalue weighted by molar-refractivity contribution is 7.90. The topological polar surface area (TPSA) is 96.0 Å². The number of nitriles is 1. The fraction of sp³-hybridized carbons (Fsp3) is 0.364.